The Morgan fingerprint density at radius 2 is 1.98 bits per heavy atom. The van der Waals surface area contributed by atoms with Crippen molar-refractivity contribution in [2.45, 2.75) is 79.3 Å². The average Bonchev–Trinajstić information content (AvgIpc) is 3.27. The van der Waals surface area contributed by atoms with Gasteiger partial charge in [-0.2, -0.15) is 0 Å². The van der Waals surface area contributed by atoms with E-state index in [0.717, 1.165) is 80.3 Å². The van der Waals surface area contributed by atoms with Crippen molar-refractivity contribution in [2.75, 3.05) is 31.6 Å². The first-order valence-corrected chi connectivity index (χ1v) is 15.1. The summed E-state index contributed by atoms with van der Waals surface area (Å²) in [4.78, 5) is 23.8. The van der Waals surface area contributed by atoms with Crippen LogP contribution in [0.4, 0.5) is 11.6 Å². The van der Waals surface area contributed by atoms with E-state index in [-0.39, 0.29) is 12.6 Å². The Balaban J connectivity index is 0.00000226. The number of aryl methyl sites for hydroxylation is 1. The molecule has 0 radical (unpaired) electrons. The van der Waals surface area contributed by atoms with Gasteiger partial charge < -0.3 is 15.0 Å². The topological polar surface area (TPSA) is 95.6 Å². The zero-order valence-electron chi connectivity index (χ0n) is 25.6. The third-order valence-electron chi connectivity index (χ3n) is 7.71. The summed E-state index contributed by atoms with van der Waals surface area (Å²) in [5.74, 6) is 1.25. The molecule has 4 rings (SSSR count). The molecule has 0 spiro atoms. The first kappa shape index (κ1) is 32.2. The van der Waals surface area contributed by atoms with Crippen molar-refractivity contribution in [3.63, 3.8) is 0 Å². The lowest BCUT2D eigenvalue weighted by molar-refractivity contribution is 0.236. The summed E-state index contributed by atoms with van der Waals surface area (Å²) >= 11 is 0. The smallest absolute Gasteiger partial charge is 0.204 e. The second-order valence-electron chi connectivity index (χ2n) is 10.8. The number of pyridine rings is 1. The third-order valence-corrected chi connectivity index (χ3v) is 7.71. The number of aliphatic hydroxyl groups excluding tert-OH is 1. The van der Waals surface area contributed by atoms with Gasteiger partial charge in [0.15, 0.2) is 0 Å². The van der Waals surface area contributed by atoms with E-state index >= 15 is 0 Å². The molecule has 1 aliphatic carbocycles. The van der Waals surface area contributed by atoms with Crippen molar-refractivity contribution in [3.8, 4) is 0 Å². The molecule has 0 amide bonds. The lowest BCUT2D eigenvalue weighted by Gasteiger charge is -2.33. The zero-order chi connectivity index (χ0) is 29.8. The number of anilines is 1. The summed E-state index contributed by atoms with van der Waals surface area (Å²) in [6.45, 7) is 17.4. The van der Waals surface area contributed by atoms with Crippen LogP contribution in [0.25, 0.3) is 6.08 Å². The molecule has 2 aromatic heterocycles. The molecule has 1 atom stereocenters. The van der Waals surface area contributed by atoms with E-state index in [4.69, 9.17) is 4.98 Å². The zero-order valence-corrected chi connectivity index (χ0v) is 25.6. The predicted molar refractivity (Wildman–Crippen MR) is 170 cm³/mol. The fourth-order valence-corrected chi connectivity index (χ4v) is 5.38. The monoisotopic (exact) mass is 560 g/mol. The van der Waals surface area contributed by atoms with Crippen LogP contribution in [-0.2, 0) is 13.0 Å². The van der Waals surface area contributed by atoms with E-state index in [1.54, 1.807) is 6.07 Å². The molecule has 2 aromatic rings. The minimum Gasteiger partial charge on any atom is -0.392 e. The summed E-state index contributed by atoms with van der Waals surface area (Å²) < 4.78 is 2.13. The quantitative estimate of drug-likeness (QED) is 0.241. The number of aromatic nitrogens is 3. The first-order chi connectivity index (χ1) is 19.9. The summed E-state index contributed by atoms with van der Waals surface area (Å²) in [6.07, 6.45) is 15.0. The van der Waals surface area contributed by atoms with E-state index in [9.17, 15) is 10.0 Å². The highest BCUT2D eigenvalue weighted by atomic mass is 16.3. The summed E-state index contributed by atoms with van der Waals surface area (Å²) in [6, 6.07) is 3.82. The van der Waals surface area contributed by atoms with E-state index < -0.39 is 0 Å². The number of rotatable bonds is 10. The van der Waals surface area contributed by atoms with Gasteiger partial charge in [0.2, 0.25) is 5.95 Å². The van der Waals surface area contributed by atoms with Gasteiger partial charge in [-0.25, -0.2) is 4.98 Å². The van der Waals surface area contributed by atoms with E-state index in [1.165, 1.54) is 5.57 Å². The van der Waals surface area contributed by atoms with Crippen LogP contribution in [-0.4, -0.2) is 56.8 Å². The molecule has 41 heavy (non-hydrogen) atoms. The number of nitroso groups, excluding NO2 is 1. The van der Waals surface area contributed by atoms with Crippen LogP contribution in [0.15, 0.2) is 59.3 Å². The van der Waals surface area contributed by atoms with Crippen LogP contribution in [0.5, 0.6) is 0 Å². The number of imidazole rings is 1. The molecule has 1 fully saturated rings. The van der Waals surface area contributed by atoms with Crippen molar-refractivity contribution in [1.29, 1.82) is 0 Å². The molecule has 0 saturated carbocycles. The SMILES string of the molecule is C=C/C(=C\C=C/C)CN1CCC(Nc2nc3c(n2Cc2nc(C)ccc2N=O)/C=C(/CO)CCC(C)C3)CC1.CC. The van der Waals surface area contributed by atoms with E-state index in [2.05, 4.69) is 56.7 Å². The van der Waals surface area contributed by atoms with Gasteiger partial charge in [-0.1, -0.05) is 51.7 Å². The Kier molecular flexibility index (Phi) is 12.7. The largest absolute Gasteiger partial charge is 0.392 e. The normalized spacial score (nSPS) is 19.8. The van der Waals surface area contributed by atoms with Crippen molar-refractivity contribution >= 4 is 17.7 Å². The Labute approximate surface area is 246 Å². The van der Waals surface area contributed by atoms with Crippen LogP contribution in [0.1, 0.15) is 76.2 Å². The maximum atomic E-state index is 11.6. The number of nitrogens with zero attached hydrogens (tertiary/aromatic N) is 5. The highest BCUT2D eigenvalue weighted by Gasteiger charge is 2.25. The Morgan fingerprint density at radius 1 is 1.22 bits per heavy atom. The number of likely N-dealkylation sites (tertiary alicyclic amines) is 1. The fourth-order valence-electron chi connectivity index (χ4n) is 5.38. The number of fused-ring (bicyclic) bond motifs is 1. The minimum atomic E-state index is 0.0254. The summed E-state index contributed by atoms with van der Waals surface area (Å²) in [5, 5.41) is 17.0. The second kappa shape index (κ2) is 16.2. The van der Waals surface area contributed by atoms with Gasteiger partial charge in [-0.05, 0) is 86.4 Å². The van der Waals surface area contributed by atoms with Crippen LogP contribution in [0, 0.1) is 17.7 Å². The number of piperidine rings is 1. The van der Waals surface area contributed by atoms with Crippen LogP contribution >= 0.6 is 0 Å². The maximum Gasteiger partial charge on any atom is 0.204 e. The van der Waals surface area contributed by atoms with Crippen molar-refractivity contribution in [1.82, 2.24) is 19.4 Å². The molecule has 2 N–H and O–H groups in total. The van der Waals surface area contributed by atoms with Gasteiger partial charge in [0.1, 0.15) is 5.69 Å². The molecule has 0 aromatic carbocycles. The number of allylic oxidation sites excluding steroid dienone is 3. The van der Waals surface area contributed by atoms with E-state index in [1.807, 2.05) is 45.9 Å². The molecule has 1 saturated heterocycles. The van der Waals surface area contributed by atoms with Gasteiger partial charge in [0.25, 0.3) is 0 Å². The van der Waals surface area contributed by atoms with Gasteiger partial charge in [-0.15, -0.1) is 4.91 Å². The van der Waals surface area contributed by atoms with Crippen LogP contribution in [0.3, 0.4) is 0 Å². The molecule has 8 heteroatoms. The lowest BCUT2D eigenvalue weighted by atomic mass is 9.93. The molecular weight excluding hydrogens is 512 g/mol. The van der Waals surface area contributed by atoms with Gasteiger partial charge >= 0.3 is 0 Å². The fraction of sp³-hybridized carbons (Fsp3) is 0.515. The number of hydrogen-bond donors (Lipinski definition) is 2. The minimum absolute atomic E-state index is 0.0254. The molecule has 8 nitrogen and oxygen atoms in total. The molecule has 222 valence electrons. The van der Waals surface area contributed by atoms with Crippen molar-refractivity contribution in [2.24, 2.45) is 11.1 Å². The Morgan fingerprint density at radius 3 is 2.63 bits per heavy atom. The van der Waals surface area contributed by atoms with Crippen molar-refractivity contribution < 1.29 is 5.11 Å². The molecule has 3 heterocycles. The average molecular weight is 561 g/mol. The number of aliphatic hydroxyl groups is 1. The predicted octanol–water partition coefficient (Wildman–Crippen LogP) is 6.97. The van der Waals surface area contributed by atoms with Gasteiger partial charge in [-0.3, -0.25) is 9.88 Å². The molecule has 1 aliphatic heterocycles. The third kappa shape index (κ3) is 8.81. The van der Waals surface area contributed by atoms with Gasteiger partial charge in [0, 0.05) is 31.4 Å². The summed E-state index contributed by atoms with van der Waals surface area (Å²) in [5.41, 5.74) is 6.03. The molecule has 1 unspecified atom stereocenters. The molecule has 2 aliphatic rings. The standard InChI is InChI=1S/C31H42N6O2.C2H6/c1-5-7-8-24(6-2)19-36-15-13-26(14-16-36)33-31-34-28-17-22(3)9-11-25(21-38)18-30(28)37(31)20-29-27(35-39)12-10-23(4)32-29;1-2/h5-8,10,12,18,22,26,38H,2,9,11,13-17,19-21H2,1,3-4H3,(H,33,34);1-2H3/b7-5-,24-8+,25-18+;. The van der Waals surface area contributed by atoms with E-state index in [0.29, 0.717) is 23.8 Å². The highest BCUT2D eigenvalue weighted by Crippen LogP contribution is 2.31. The summed E-state index contributed by atoms with van der Waals surface area (Å²) in [7, 11) is 0. The Bertz CT molecular complexity index is 1250. The van der Waals surface area contributed by atoms with Crippen molar-refractivity contribution in [3.05, 3.63) is 81.8 Å². The molecular formula is C33H48N6O2. The lowest BCUT2D eigenvalue weighted by Crippen LogP contribution is -2.40. The highest BCUT2D eigenvalue weighted by molar-refractivity contribution is 5.57. The van der Waals surface area contributed by atoms with Gasteiger partial charge in [0.05, 0.1) is 30.2 Å². The Hall–Kier alpha value is -3.36. The second-order valence-corrected chi connectivity index (χ2v) is 10.8. The van der Waals surface area contributed by atoms with Crippen LogP contribution < -0.4 is 5.32 Å². The van der Waals surface area contributed by atoms with Crippen LogP contribution in [0.2, 0.25) is 0 Å². The number of nitrogens with one attached hydrogen (secondary N) is 1. The maximum absolute atomic E-state index is 11.6. The first-order valence-electron chi connectivity index (χ1n) is 15.1. The number of hydrogen-bond acceptors (Lipinski definition) is 7. The molecule has 0 bridgehead atoms.